The molecule has 1 aromatic rings. The fourth-order valence-corrected chi connectivity index (χ4v) is 2.22. The van der Waals surface area contributed by atoms with Crippen molar-refractivity contribution in [2.75, 3.05) is 5.32 Å². The molecule has 5 heteroatoms. The van der Waals surface area contributed by atoms with Gasteiger partial charge in [0.1, 0.15) is 6.04 Å². The maximum Gasteiger partial charge on any atom is 0.242 e. The van der Waals surface area contributed by atoms with E-state index in [1.54, 1.807) is 24.3 Å². The van der Waals surface area contributed by atoms with E-state index in [4.69, 9.17) is 11.6 Å². The van der Waals surface area contributed by atoms with E-state index in [-0.39, 0.29) is 11.9 Å². The van der Waals surface area contributed by atoms with Gasteiger partial charge in [-0.15, -0.1) is 0 Å². The first kappa shape index (κ1) is 13.3. The van der Waals surface area contributed by atoms with Crippen molar-refractivity contribution >= 4 is 23.2 Å². The molecule has 1 heterocycles. The van der Waals surface area contributed by atoms with Gasteiger partial charge < -0.3 is 5.32 Å². The van der Waals surface area contributed by atoms with Crippen LogP contribution in [0.25, 0.3) is 0 Å². The molecule has 2 rings (SSSR count). The summed E-state index contributed by atoms with van der Waals surface area (Å²) in [7, 11) is 0. The Morgan fingerprint density at radius 3 is 2.78 bits per heavy atom. The highest BCUT2D eigenvalue weighted by Gasteiger charge is 2.28. The highest BCUT2D eigenvalue weighted by atomic mass is 35.5. The number of hydrogen-bond donors (Lipinski definition) is 3. The Bertz CT molecular complexity index is 407. The van der Waals surface area contributed by atoms with E-state index >= 15 is 0 Å². The number of benzene rings is 1. The Morgan fingerprint density at radius 1 is 1.39 bits per heavy atom. The lowest BCUT2D eigenvalue weighted by molar-refractivity contribution is -0.117. The lowest BCUT2D eigenvalue weighted by Gasteiger charge is -2.10. The molecule has 1 aliphatic heterocycles. The molecule has 0 aliphatic carbocycles. The standard InChI is InChI=1S/C13H18ClN3O/c1-2-3-11-8-12(17-16-11)13(18)15-10-6-4-9(14)5-7-10/h4-7,11-12,16-17H,2-3,8H2,1H3,(H,15,18). The number of rotatable bonds is 4. The minimum atomic E-state index is -0.169. The van der Waals surface area contributed by atoms with Crippen LogP contribution in [0.1, 0.15) is 26.2 Å². The van der Waals surface area contributed by atoms with Gasteiger partial charge in [-0.3, -0.25) is 10.2 Å². The lowest BCUT2D eigenvalue weighted by Crippen LogP contribution is -2.40. The summed E-state index contributed by atoms with van der Waals surface area (Å²) >= 11 is 5.79. The van der Waals surface area contributed by atoms with Crippen molar-refractivity contribution in [1.29, 1.82) is 0 Å². The number of hydrazine groups is 1. The maximum absolute atomic E-state index is 12.0. The molecule has 0 spiro atoms. The van der Waals surface area contributed by atoms with Crippen molar-refractivity contribution in [3.05, 3.63) is 29.3 Å². The molecule has 2 atom stereocenters. The second kappa shape index (κ2) is 6.18. The number of hydrogen-bond acceptors (Lipinski definition) is 3. The van der Waals surface area contributed by atoms with E-state index in [0.29, 0.717) is 11.1 Å². The van der Waals surface area contributed by atoms with Crippen LogP contribution in [-0.4, -0.2) is 18.0 Å². The molecule has 2 unspecified atom stereocenters. The summed E-state index contributed by atoms with van der Waals surface area (Å²) in [4.78, 5) is 12.0. The number of carbonyl (C=O) groups is 1. The van der Waals surface area contributed by atoms with Crippen molar-refractivity contribution in [2.45, 2.75) is 38.3 Å². The van der Waals surface area contributed by atoms with Gasteiger partial charge in [0.15, 0.2) is 0 Å². The maximum atomic E-state index is 12.0. The highest BCUT2D eigenvalue weighted by molar-refractivity contribution is 6.30. The molecule has 98 valence electrons. The first-order valence-corrected chi connectivity index (χ1v) is 6.64. The number of amides is 1. The van der Waals surface area contributed by atoms with Crippen LogP contribution in [0.15, 0.2) is 24.3 Å². The molecule has 1 saturated heterocycles. The van der Waals surface area contributed by atoms with Gasteiger partial charge in [0.05, 0.1) is 0 Å². The zero-order chi connectivity index (χ0) is 13.0. The summed E-state index contributed by atoms with van der Waals surface area (Å²) in [5, 5.41) is 3.54. The quantitative estimate of drug-likeness (QED) is 0.785. The summed E-state index contributed by atoms with van der Waals surface area (Å²) in [5.74, 6) is -0.0107. The Morgan fingerprint density at radius 2 is 2.11 bits per heavy atom. The predicted molar refractivity (Wildman–Crippen MR) is 73.5 cm³/mol. The van der Waals surface area contributed by atoms with Crippen LogP contribution in [0.5, 0.6) is 0 Å². The van der Waals surface area contributed by atoms with Crippen LogP contribution in [0.4, 0.5) is 5.69 Å². The first-order valence-electron chi connectivity index (χ1n) is 6.26. The van der Waals surface area contributed by atoms with E-state index < -0.39 is 0 Å². The summed E-state index contributed by atoms with van der Waals surface area (Å²) in [6, 6.07) is 7.33. The molecule has 0 bridgehead atoms. The molecule has 1 amide bonds. The predicted octanol–water partition coefficient (Wildman–Crippen LogP) is 2.31. The van der Waals surface area contributed by atoms with E-state index in [2.05, 4.69) is 23.1 Å². The second-order valence-electron chi connectivity index (χ2n) is 4.56. The monoisotopic (exact) mass is 267 g/mol. The molecular formula is C13H18ClN3O. The van der Waals surface area contributed by atoms with Gasteiger partial charge in [-0.2, -0.15) is 0 Å². The fraction of sp³-hybridized carbons (Fsp3) is 0.462. The van der Waals surface area contributed by atoms with E-state index in [1.165, 1.54) is 0 Å². The Labute approximate surface area is 112 Å². The third-order valence-electron chi connectivity index (χ3n) is 3.05. The number of carbonyl (C=O) groups excluding carboxylic acids is 1. The van der Waals surface area contributed by atoms with Crippen LogP contribution in [0.3, 0.4) is 0 Å². The third-order valence-corrected chi connectivity index (χ3v) is 3.30. The zero-order valence-corrected chi connectivity index (χ0v) is 11.1. The van der Waals surface area contributed by atoms with Crippen molar-refractivity contribution in [2.24, 2.45) is 0 Å². The van der Waals surface area contributed by atoms with Crippen molar-refractivity contribution < 1.29 is 4.79 Å². The van der Waals surface area contributed by atoms with Gasteiger partial charge in [-0.05, 0) is 37.1 Å². The number of anilines is 1. The van der Waals surface area contributed by atoms with E-state index in [0.717, 1.165) is 24.9 Å². The van der Waals surface area contributed by atoms with Crippen LogP contribution >= 0.6 is 11.6 Å². The van der Waals surface area contributed by atoms with Gasteiger partial charge in [0, 0.05) is 16.8 Å². The largest absolute Gasteiger partial charge is 0.325 e. The van der Waals surface area contributed by atoms with Crippen LogP contribution in [-0.2, 0) is 4.79 Å². The minimum Gasteiger partial charge on any atom is -0.325 e. The van der Waals surface area contributed by atoms with Gasteiger partial charge in [-0.25, -0.2) is 5.43 Å². The molecule has 18 heavy (non-hydrogen) atoms. The number of halogens is 1. The summed E-state index contributed by atoms with van der Waals surface area (Å²) in [5.41, 5.74) is 6.95. The fourth-order valence-electron chi connectivity index (χ4n) is 2.09. The average molecular weight is 268 g/mol. The number of nitrogens with one attached hydrogen (secondary N) is 3. The van der Waals surface area contributed by atoms with Gasteiger partial charge in [-0.1, -0.05) is 24.9 Å². The van der Waals surface area contributed by atoms with Crippen molar-refractivity contribution in [3.8, 4) is 0 Å². The normalized spacial score (nSPS) is 23.0. The molecule has 4 nitrogen and oxygen atoms in total. The topological polar surface area (TPSA) is 53.2 Å². The van der Waals surface area contributed by atoms with Crippen LogP contribution in [0.2, 0.25) is 5.02 Å². The first-order chi connectivity index (χ1) is 8.69. The molecule has 0 aromatic heterocycles. The van der Waals surface area contributed by atoms with Crippen LogP contribution < -0.4 is 16.2 Å². The third kappa shape index (κ3) is 3.45. The molecule has 3 N–H and O–H groups in total. The SMILES string of the molecule is CCCC1CC(C(=O)Nc2ccc(Cl)cc2)NN1. The average Bonchev–Trinajstić information content (AvgIpc) is 2.81. The molecule has 1 aromatic carbocycles. The van der Waals surface area contributed by atoms with Crippen molar-refractivity contribution in [3.63, 3.8) is 0 Å². The van der Waals surface area contributed by atoms with Gasteiger partial charge >= 0.3 is 0 Å². The molecule has 1 fully saturated rings. The zero-order valence-electron chi connectivity index (χ0n) is 10.4. The van der Waals surface area contributed by atoms with Crippen molar-refractivity contribution in [1.82, 2.24) is 10.9 Å². The summed E-state index contributed by atoms with van der Waals surface area (Å²) in [6.07, 6.45) is 3.02. The Kier molecular flexibility index (Phi) is 4.58. The Balaban J connectivity index is 1.87. The van der Waals surface area contributed by atoms with Crippen LogP contribution in [0, 0.1) is 0 Å². The van der Waals surface area contributed by atoms with E-state index in [9.17, 15) is 4.79 Å². The molecule has 1 aliphatic rings. The minimum absolute atomic E-state index is 0.0107. The van der Waals surface area contributed by atoms with E-state index in [1.807, 2.05) is 0 Å². The second-order valence-corrected chi connectivity index (χ2v) is 5.00. The summed E-state index contributed by atoms with van der Waals surface area (Å²) < 4.78 is 0. The Hall–Kier alpha value is -1.10. The smallest absolute Gasteiger partial charge is 0.242 e. The van der Waals surface area contributed by atoms with Gasteiger partial charge in [0.2, 0.25) is 5.91 Å². The molecule has 0 saturated carbocycles. The summed E-state index contributed by atoms with van der Waals surface area (Å²) in [6.45, 7) is 2.14. The lowest BCUT2D eigenvalue weighted by atomic mass is 10.1. The highest BCUT2D eigenvalue weighted by Crippen LogP contribution is 2.15. The molecular weight excluding hydrogens is 250 g/mol. The molecule has 0 radical (unpaired) electrons. The van der Waals surface area contributed by atoms with Gasteiger partial charge in [0.25, 0.3) is 0 Å².